The molecule has 26 heavy (non-hydrogen) atoms. The monoisotopic (exact) mass is 353 g/mol. The molecule has 0 saturated carbocycles. The second kappa shape index (κ2) is 7.82. The third-order valence-corrected chi connectivity index (χ3v) is 4.18. The lowest BCUT2D eigenvalue weighted by molar-refractivity contribution is -0.133. The van der Waals surface area contributed by atoms with E-state index in [1.807, 2.05) is 41.1 Å². The summed E-state index contributed by atoms with van der Waals surface area (Å²) in [5, 5.41) is 3.78. The molecule has 0 radical (unpaired) electrons. The molecule has 6 heteroatoms. The van der Waals surface area contributed by atoms with Crippen LogP contribution in [0.15, 0.2) is 60.8 Å². The smallest absolute Gasteiger partial charge is 0.243 e. The third kappa shape index (κ3) is 4.27. The number of anilines is 1. The zero-order chi connectivity index (χ0) is 18.5. The van der Waals surface area contributed by atoms with E-state index in [0.717, 1.165) is 10.9 Å². The Labute approximate surface area is 151 Å². The molecule has 1 aromatic heterocycles. The number of para-hydroxylation sites is 1. The predicted molar refractivity (Wildman–Crippen MR) is 99.2 cm³/mol. The molecule has 3 aromatic rings. The Balaban J connectivity index is 1.51. The first-order chi connectivity index (χ1) is 12.5. The van der Waals surface area contributed by atoms with E-state index in [1.54, 1.807) is 7.05 Å². The summed E-state index contributed by atoms with van der Waals surface area (Å²) in [5.41, 5.74) is 1.58. The Hall–Kier alpha value is -3.15. The fourth-order valence-corrected chi connectivity index (χ4v) is 2.78. The van der Waals surface area contributed by atoms with Crippen LogP contribution in [0.5, 0.6) is 0 Å². The van der Waals surface area contributed by atoms with Gasteiger partial charge in [0.15, 0.2) is 0 Å². The van der Waals surface area contributed by atoms with Crippen LogP contribution in [0, 0.1) is 5.82 Å². The van der Waals surface area contributed by atoms with Crippen molar-refractivity contribution in [1.82, 2.24) is 9.47 Å². The molecule has 0 bridgehead atoms. The molecule has 0 unspecified atom stereocenters. The Kier molecular flexibility index (Phi) is 5.31. The van der Waals surface area contributed by atoms with Gasteiger partial charge >= 0.3 is 0 Å². The summed E-state index contributed by atoms with van der Waals surface area (Å²) in [6.45, 7) is 0.499. The summed E-state index contributed by atoms with van der Waals surface area (Å²) in [7, 11) is 1.60. The van der Waals surface area contributed by atoms with Crippen LogP contribution in [0.2, 0.25) is 0 Å². The van der Waals surface area contributed by atoms with Gasteiger partial charge in [-0.3, -0.25) is 9.59 Å². The highest BCUT2D eigenvalue weighted by Gasteiger charge is 2.13. The highest BCUT2D eigenvalue weighted by molar-refractivity contribution is 5.94. The molecule has 0 aliphatic carbocycles. The largest absolute Gasteiger partial charge is 0.347 e. The van der Waals surface area contributed by atoms with E-state index in [9.17, 15) is 14.0 Å². The first-order valence-electron chi connectivity index (χ1n) is 8.36. The minimum atomic E-state index is -0.368. The van der Waals surface area contributed by atoms with Crippen molar-refractivity contribution in [3.05, 3.63) is 66.6 Å². The molecular formula is C20H20FN3O2. The Bertz CT molecular complexity index is 918. The number of benzene rings is 2. The second-order valence-corrected chi connectivity index (χ2v) is 6.12. The Morgan fingerprint density at radius 3 is 2.58 bits per heavy atom. The lowest BCUT2D eigenvalue weighted by atomic mass is 10.2. The van der Waals surface area contributed by atoms with Crippen LogP contribution in [0.1, 0.15) is 6.42 Å². The van der Waals surface area contributed by atoms with Gasteiger partial charge in [-0.1, -0.05) is 18.2 Å². The number of halogens is 1. The summed E-state index contributed by atoms with van der Waals surface area (Å²) in [5.74, 6) is -0.802. The first-order valence-corrected chi connectivity index (χ1v) is 8.36. The van der Waals surface area contributed by atoms with Crippen LogP contribution in [0.4, 0.5) is 10.1 Å². The minimum absolute atomic E-state index is 0.0529. The van der Waals surface area contributed by atoms with Crippen molar-refractivity contribution in [1.29, 1.82) is 0 Å². The number of aryl methyl sites for hydroxylation is 1. The standard InChI is InChI=1S/C20H20FN3O2/c1-23(14-19(25)22-17-8-6-16(21)7-9-17)20(26)11-13-24-12-10-15-4-2-3-5-18(15)24/h2-10,12H,11,13-14H2,1H3,(H,22,25). The molecule has 0 saturated heterocycles. The first kappa shape index (κ1) is 17.7. The van der Waals surface area contributed by atoms with Gasteiger partial charge in [0.05, 0.1) is 6.54 Å². The molecule has 3 rings (SSSR count). The lowest BCUT2D eigenvalue weighted by Gasteiger charge is -2.17. The number of amides is 2. The molecule has 0 spiro atoms. The number of carbonyl (C=O) groups excluding carboxylic acids is 2. The number of carbonyl (C=O) groups is 2. The van der Waals surface area contributed by atoms with Gasteiger partial charge in [0, 0.05) is 37.4 Å². The SMILES string of the molecule is CN(CC(=O)Nc1ccc(F)cc1)C(=O)CCn1ccc2ccccc21. The third-order valence-electron chi connectivity index (χ3n) is 4.18. The minimum Gasteiger partial charge on any atom is -0.347 e. The van der Waals surface area contributed by atoms with E-state index in [1.165, 1.54) is 29.2 Å². The quantitative estimate of drug-likeness (QED) is 0.739. The second-order valence-electron chi connectivity index (χ2n) is 6.12. The number of nitrogens with zero attached hydrogens (tertiary/aromatic N) is 2. The molecule has 134 valence electrons. The normalized spacial score (nSPS) is 10.7. The molecule has 5 nitrogen and oxygen atoms in total. The molecule has 1 N–H and O–H groups in total. The highest BCUT2D eigenvalue weighted by Crippen LogP contribution is 2.15. The van der Waals surface area contributed by atoms with Crippen molar-refractivity contribution < 1.29 is 14.0 Å². The lowest BCUT2D eigenvalue weighted by Crippen LogP contribution is -2.35. The van der Waals surface area contributed by atoms with Gasteiger partial charge in [0.1, 0.15) is 5.82 Å². The van der Waals surface area contributed by atoms with Crippen molar-refractivity contribution in [3.8, 4) is 0 Å². The van der Waals surface area contributed by atoms with Crippen LogP contribution < -0.4 is 5.32 Å². The highest BCUT2D eigenvalue weighted by atomic mass is 19.1. The number of hydrogen-bond donors (Lipinski definition) is 1. The number of aromatic nitrogens is 1. The topological polar surface area (TPSA) is 54.3 Å². The summed E-state index contributed by atoms with van der Waals surface area (Å²) in [4.78, 5) is 25.7. The molecule has 2 aromatic carbocycles. The van der Waals surface area contributed by atoms with Crippen molar-refractivity contribution in [2.24, 2.45) is 0 Å². The van der Waals surface area contributed by atoms with Gasteiger partial charge in [-0.2, -0.15) is 0 Å². The van der Waals surface area contributed by atoms with E-state index in [2.05, 4.69) is 5.32 Å². The van der Waals surface area contributed by atoms with Crippen LogP contribution in [-0.4, -0.2) is 34.9 Å². The zero-order valence-corrected chi connectivity index (χ0v) is 14.5. The van der Waals surface area contributed by atoms with Gasteiger partial charge in [-0.05, 0) is 41.8 Å². The fourth-order valence-electron chi connectivity index (χ4n) is 2.78. The molecule has 1 heterocycles. The van der Waals surface area contributed by atoms with Gasteiger partial charge in [-0.15, -0.1) is 0 Å². The van der Waals surface area contributed by atoms with Gasteiger partial charge in [0.2, 0.25) is 11.8 Å². The molecule has 2 amide bonds. The van der Waals surface area contributed by atoms with Crippen LogP contribution in [-0.2, 0) is 16.1 Å². The van der Waals surface area contributed by atoms with Gasteiger partial charge in [-0.25, -0.2) is 4.39 Å². The maximum atomic E-state index is 12.9. The van der Waals surface area contributed by atoms with E-state index in [0.29, 0.717) is 18.7 Å². The Morgan fingerprint density at radius 1 is 1.08 bits per heavy atom. The summed E-state index contributed by atoms with van der Waals surface area (Å²) >= 11 is 0. The number of likely N-dealkylation sites (N-methyl/N-ethyl adjacent to an activating group) is 1. The van der Waals surface area contributed by atoms with Crippen molar-refractivity contribution in [2.75, 3.05) is 18.9 Å². The summed E-state index contributed by atoms with van der Waals surface area (Å²) in [6, 6.07) is 15.5. The average Bonchev–Trinajstić information content (AvgIpc) is 3.04. The van der Waals surface area contributed by atoms with E-state index in [-0.39, 0.29) is 24.2 Å². The molecule has 0 fully saturated rings. The van der Waals surface area contributed by atoms with Gasteiger partial charge in [0.25, 0.3) is 0 Å². The van der Waals surface area contributed by atoms with Crippen molar-refractivity contribution >= 4 is 28.4 Å². The van der Waals surface area contributed by atoms with Crippen molar-refractivity contribution in [3.63, 3.8) is 0 Å². The number of nitrogens with one attached hydrogen (secondary N) is 1. The Morgan fingerprint density at radius 2 is 1.81 bits per heavy atom. The van der Waals surface area contributed by atoms with E-state index in [4.69, 9.17) is 0 Å². The number of rotatable bonds is 6. The van der Waals surface area contributed by atoms with Gasteiger partial charge < -0.3 is 14.8 Å². The maximum Gasteiger partial charge on any atom is 0.243 e. The van der Waals surface area contributed by atoms with Crippen LogP contribution in [0.25, 0.3) is 10.9 Å². The van der Waals surface area contributed by atoms with Crippen LogP contribution in [0.3, 0.4) is 0 Å². The molecular weight excluding hydrogens is 333 g/mol. The fraction of sp³-hybridized carbons (Fsp3) is 0.200. The average molecular weight is 353 g/mol. The summed E-state index contributed by atoms with van der Waals surface area (Å²) < 4.78 is 14.9. The zero-order valence-electron chi connectivity index (χ0n) is 14.5. The summed E-state index contributed by atoms with van der Waals surface area (Å²) in [6.07, 6.45) is 2.26. The van der Waals surface area contributed by atoms with Crippen molar-refractivity contribution in [2.45, 2.75) is 13.0 Å². The molecule has 0 aliphatic rings. The molecule has 0 aliphatic heterocycles. The van der Waals surface area contributed by atoms with Crippen LogP contribution >= 0.6 is 0 Å². The predicted octanol–water partition coefficient (Wildman–Crippen LogP) is 3.27. The van der Waals surface area contributed by atoms with E-state index < -0.39 is 0 Å². The maximum absolute atomic E-state index is 12.9. The number of hydrogen-bond acceptors (Lipinski definition) is 2. The molecule has 0 atom stereocenters. The van der Waals surface area contributed by atoms with E-state index >= 15 is 0 Å². The number of fused-ring (bicyclic) bond motifs is 1.